The fraction of sp³-hybridized carbons (Fsp3) is 0.471. The monoisotopic (exact) mass is 345 g/mol. The minimum atomic E-state index is -0.165. The summed E-state index contributed by atoms with van der Waals surface area (Å²) in [7, 11) is 0. The molecule has 0 aliphatic rings. The van der Waals surface area contributed by atoms with Crippen LogP contribution < -0.4 is 5.32 Å². The standard InChI is InChI=1S/C17H23N5O3/c1-4-22(11-14(23)19-12(2)3)16(24)8-7-15-20-17(21-25-15)13-6-5-9-18-10-13/h5-6,9-10,12H,4,7-8,11H2,1-3H3,(H,19,23). The van der Waals surface area contributed by atoms with Gasteiger partial charge in [0.1, 0.15) is 0 Å². The third-order valence-electron chi connectivity index (χ3n) is 3.46. The van der Waals surface area contributed by atoms with Crippen molar-refractivity contribution in [1.82, 2.24) is 25.3 Å². The molecule has 8 heteroatoms. The molecule has 0 unspecified atom stereocenters. The number of aromatic nitrogens is 3. The van der Waals surface area contributed by atoms with Crippen molar-refractivity contribution in [2.45, 2.75) is 39.7 Å². The minimum absolute atomic E-state index is 0.0469. The van der Waals surface area contributed by atoms with Crippen molar-refractivity contribution in [3.05, 3.63) is 30.4 Å². The molecule has 0 saturated carbocycles. The van der Waals surface area contributed by atoms with Gasteiger partial charge in [-0.3, -0.25) is 14.6 Å². The summed E-state index contributed by atoms with van der Waals surface area (Å²) in [5, 5.41) is 6.67. The number of amides is 2. The predicted octanol–water partition coefficient (Wildman–Crippen LogP) is 1.44. The summed E-state index contributed by atoms with van der Waals surface area (Å²) in [5.74, 6) is 0.540. The average molecular weight is 345 g/mol. The van der Waals surface area contributed by atoms with Crippen LogP contribution in [0.15, 0.2) is 29.0 Å². The molecule has 0 aromatic carbocycles. The first-order valence-corrected chi connectivity index (χ1v) is 8.29. The van der Waals surface area contributed by atoms with Crippen LogP contribution in [-0.4, -0.2) is 51.0 Å². The number of nitrogens with zero attached hydrogens (tertiary/aromatic N) is 4. The van der Waals surface area contributed by atoms with Gasteiger partial charge in [-0.05, 0) is 32.9 Å². The summed E-state index contributed by atoms with van der Waals surface area (Å²) >= 11 is 0. The number of pyridine rings is 1. The van der Waals surface area contributed by atoms with Gasteiger partial charge in [0.2, 0.25) is 23.5 Å². The first-order chi connectivity index (χ1) is 12.0. The molecule has 0 spiro atoms. The zero-order chi connectivity index (χ0) is 18.2. The van der Waals surface area contributed by atoms with E-state index in [1.807, 2.05) is 26.8 Å². The van der Waals surface area contributed by atoms with Crippen molar-refractivity contribution >= 4 is 11.8 Å². The molecule has 134 valence electrons. The Labute approximate surface area is 146 Å². The van der Waals surface area contributed by atoms with Gasteiger partial charge < -0.3 is 14.7 Å². The van der Waals surface area contributed by atoms with E-state index in [1.54, 1.807) is 18.5 Å². The highest BCUT2D eigenvalue weighted by molar-refractivity contribution is 5.84. The van der Waals surface area contributed by atoms with E-state index in [4.69, 9.17) is 4.52 Å². The van der Waals surface area contributed by atoms with E-state index in [9.17, 15) is 9.59 Å². The Kier molecular flexibility index (Phi) is 6.62. The normalized spacial score (nSPS) is 10.7. The Morgan fingerprint density at radius 2 is 2.16 bits per heavy atom. The number of hydrogen-bond donors (Lipinski definition) is 1. The molecule has 2 aromatic heterocycles. The molecule has 8 nitrogen and oxygen atoms in total. The van der Waals surface area contributed by atoms with Gasteiger partial charge in [0.25, 0.3) is 0 Å². The third kappa shape index (κ3) is 5.66. The smallest absolute Gasteiger partial charge is 0.239 e. The van der Waals surface area contributed by atoms with Crippen LogP contribution in [-0.2, 0) is 16.0 Å². The maximum absolute atomic E-state index is 12.3. The zero-order valence-corrected chi connectivity index (χ0v) is 14.7. The fourth-order valence-corrected chi connectivity index (χ4v) is 2.26. The van der Waals surface area contributed by atoms with E-state index >= 15 is 0 Å². The van der Waals surface area contributed by atoms with E-state index in [-0.39, 0.29) is 30.8 Å². The molecule has 1 N–H and O–H groups in total. The highest BCUT2D eigenvalue weighted by Crippen LogP contribution is 2.14. The second-order valence-corrected chi connectivity index (χ2v) is 5.88. The van der Waals surface area contributed by atoms with E-state index in [0.717, 1.165) is 5.56 Å². The molecule has 2 rings (SSSR count). The SMILES string of the molecule is CCN(CC(=O)NC(C)C)C(=O)CCc1nc(-c2cccnc2)no1. The summed E-state index contributed by atoms with van der Waals surface area (Å²) in [6.45, 7) is 6.12. The summed E-state index contributed by atoms with van der Waals surface area (Å²) < 4.78 is 5.18. The van der Waals surface area contributed by atoms with Crippen molar-refractivity contribution in [2.75, 3.05) is 13.1 Å². The van der Waals surface area contributed by atoms with Gasteiger partial charge >= 0.3 is 0 Å². The fourth-order valence-electron chi connectivity index (χ4n) is 2.26. The number of rotatable bonds is 8. The van der Waals surface area contributed by atoms with E-state index in [1.165, 1.54) is 4.90 Å². The van der Waals surface area contributed by atoms with Crippen LogP contribution in [0.2, 0.25) is 0 Å². The maximum Gasteiger partial charge on any atom is 0.239 e. The molecule has 0 atom stereocenters. The van der Waals surface area contributed by atoms with Crippen LogP contribution in [0.3, 0.4) is 0 Å². The molecule has 2 aromatic rings. The van der Waals surface area contributed by atoms with Gasteiger partial charge in [-0.25, -0.2) is 0 Å². The zero-order valence-electron chi connectivity index (χ0n) is 14.7. The van der Waals surface area contributed by atoms with Crippen LogP contribution >= 0.6 is 0 Å². The van der Waals surface area contributed by atoms with Gasteiger partial charge in [0.05, 0.1) is 6.54 Å². The van der Waals surface area contributed by atoms with E-state index < -0.39 is 0 Å². The average Bonchev–Trinajstić information content (AvgIpc) is 3.06. The van der Waals surface area contributed by atoms with Crippen molar-refractivity contribution in [2.24, 2.45) is 0 Å². The summed E-state index contributed by atoms with van der Waals surface area (Å²) in [5.41, 5.74) is 0.754. The Morgan fingerprint density at radius 3 is 2.80 bits per heavy atom. The van der Waals surface area contributed by atoms with Crippen LogP contribution in [0.25, 0.3) is 11.4 Å². The summed E-state index contributed by atoms with van der Waals surface area (Å²) in [4.78, 5) is 33.9. The summed E-state index contributed by atoms with van der Waals surface area (Å²) in [6.07, 6.45) is 3.84. The first kappa shape index (κ1) is 18.6. The highest BCUT2D eigenvalue weighted by atomic mass is 16.5. The molecule has 0 radical (unpaired) electrons. The quantitative estimate of drug-likeness (QED) is 0.777. The van der Waals surface area contributed by atoms with Gasteiger partial charge in [0.15, 0.2) is 0 Å². The number of carbonyl (C=O) groups excluding carboxylic acids is 2. The number of hydrogen-bond acceptors (Lipinski definition) is 6. The van der Waals surface area contributed by atoms with Gasteiger partial charge in [0, 0.05) is 43.4 Å². The Morgan fingerprint density at radius 1 is 1.36 bits per heavy atom. The lowest BCUT2D eigenvalue weighted by molar-refractivity contribution is -0.136. The molecule has 0 bridgehead atoms. The molecule has 25 heavy (non-hydrogen) atoms. The molecular formula is C17H23N5O3. The molecule has 0 aliphatic heterocycles. The van der Waals surface area contributed by atoms with Crippen molar-refractivity contribution < 1.29 is 14.1 Å². The first-order valence-electron chi connectivity index (χ1n) is 8.29. The molecule has 0 fully saturated rings. The Balaban J connectivity index is 1.88. The second kappa shape index (κ2) is 8.91. The number of aryl methyl sites for hydroxylation is 1. The number of likely N-dealkylation sites (N-methyl/N-ethyl adjacent to an activating group) is 1. The van der Waals surface area contributed by atoms with Crippen molar-refractivity contribution in [3.8, 4) is 11.4 Å². The second-order valence-electron chi connectivity index (χ2n) is 5.88. The molecule has 2 amide bonds. The molecule has 0 aliphatic carbocycles. The highest BCUT2D eigenvalue weighted by Gasteiger charge is 2.17. The molecular weight excluding hydrogens is 322 g/mol. The Hall–Kier alpha value is -2.77. The minimum Gasteiger partial charge on any atom is -0.352 e. The predicted molar refractivity (Wildman–Crippen MR) is 91.4 cm³/mol. The van der Waals surface area contributed by atoms with Crippen LogP contribution in [0.1, 0.15) is 33.1 Å². The largest absolute Gasteiger partial charge is 0.352 e. The van der Waals surface area contributed by atoms with E-state index in [0.29, 0.717) is 24.7 Å². The van der Waals surface area contributed by atoms with Crippen LogP contribution in [0.4, 0.5) is 0 Å². The lowest BCUT2D eigenvalue weighted by Gasteiger charge is -2.20. The summed E-state index contributed by atoms with van der Waals surface area (Å²) in [6, 6.07) is 3.67. The Bertz CT molecular complexity index is 699. The lowest BCUT2D eigenvalue weighted by atomic mass is 10.2. The topological polar surface area (TPSA) is 101 Å². The van der Waals surface area contributed by atoms with Crippen LogP contribution in [0, 0.1) is 0 Å². The third-order valence-corrected chi connectivity index (χ3v) is 3.46. The van der Waals surface area contributed by atoms with Gasteiger partial charge in [-0.2, -0.15) is 4.98 Å². The lowest BCUT2D eigenvalue weighted by Crippen LogP contribution is -2.42. The van der Waals surface area contributed by atoms with Crippen LogP contribution in [0.5, 0.6) is 0 Å². The van der Waals surface area contributed by atoms with E-state index in [2.05, 4.69) is 20.4 Å². The molecule has 2 heterocycles. The van der Waals surface area contributed by atoms with Gasteiger partial charge in [-0.15, -0.1) is 0 Å². The molecule has 0 saturated heterocycles. The maximum atomic E-state index is 12.3. The number of nitrogens with one attached hydrogen (secondary N) is 1. The van der Waals surface area contributed by atoms with Gasteiger partial charge in [-0.1, -0.05) is 5.16 Å². The number of carbonyl (C=O) groups is 2. The van der Waals surface area contributed by atoms with Crippen molar-refractivity contribution in [1.29, 1.82) is 0 Å². The van der Waals surface area contributed by atoms with Crippen molar-refractivity contribution in [3.63, 3.8) is 0 Å².